The van der Waals surface area contributed by atoms with Gasteiger partial charge in [0.05, 0.1) is 12.2 Å². The van der Waals surface area contributed by atoms with Crippen LogP contribution in [0.2, 0.25) is 0 Å². The van der Waals surface area contributed by atoms with Crippen LogP contribution in [0, 0.1) is 28.6 Å². The Hall–Kier alpha value is -3.37. The second kappa shape index (κ2) is 11.8. The summed E-state index contributed by atoms with van der Waals surface area (Å²) in [6, 6.07) is 16.0. The number of rotatable bonds is 13. The van der Waals surface area contributed by atoms with Gasteiger partial charge in [0.1, 0.15) is 23.3 Å². The fourth-order valence-electron chi connectivity index (χ4n) is 6.09. The number of hydrogen-bond donors (Lipinski definition) is 2. The Kier molecular flexibility index (Phi) is 8.66. The van der Waals surface area contributed by atoms with Crippen molar-refractivity contribution in [2.24, 2.45) is 17.3 Å². The molecule has 2 aliphatic rings. The standard InChI is InChI=1S/C32H40N2O5/c1-5-38-29(35)13-11-22-10-12-26(19-33)27(16-22)39-28-18-32(28,30(36)37)21(2)20-34-31(3,4)17-23-14-24-8-6-7-9-25(24)15-23/h6-10,12,16,21,23,28,34H,5,11,13-15,17-18,20H2,1-4H3,(H,36,37)/t21?,28?,32-/m1/s1. The summed E-state index contributed by atoms with van der Waals surface area (Å²) in [5.41, 5.74) is 2.93. The summed E-state index contributed by atoms with van der Waals surface area (Å²) in [7, 11) is 0. The molecule has 4 rings (SSSR count). The third-order valence-electron chi connectivity index (χ3n) is 8.40. The van der Waals surface area contributed by atoms with Crippen molar-refractivity contribution < 1.29 is 24.2 Å². The van der Waals surface area contributed by atoms with Crippen molar-refractivity contribution in [3.8, 4) is 11.8 Å². The number of esters is 1. The molecule has 0 amide bonds. The number of carbonyl (C=O) groups excluding carboxylic acids is 1. The van der Waals surface area contributed by atoms with Gasteiger partial charge in [-0.05, 0) is 93.7 Å². The number of benzene rings is 2. The minimum atomic E-state index is -1.01. The summed E-state index contributed by atoms with van der Waals surface area (Å²) in [4.78, 5) is 24.2. The fraction of sp³-hybridized carbons (Fsp3) is 0.531. The van der Waals surface area contributed by atoms with Gasteiger partial charge in [0.2, 0.25) is 0 Å². The first-order valence-corrected chi connectivity index (χ1v) is 14.0. The first-order chi connectivity index (χ1) is 18.6. The van der Waals surface area contributed by atoms with Crippen LogP contribution in [0.15, 0.2) is 42.5 Å². The SMILES string of the molecule is CCOC(=O)CCc1ccc(C#N)c(OC2C[C@@]2(C(=O)O)C(C)CNC(C)(C)CC2Cc3ccccc3C2)c1. The Morgan fingerprint density at radius 1 is 1.21 bits per heavy atom. The van der Waals surface area contributed by atoms with Crippen LogP contribution in [0.25, 0.3) is 0 Å². The van der Waals surface area contributed by atoms with E-state index < -0.39 is 17.5 Å². The highest BCUT2D eigenvalue weighted by molar-refractivity contribution is 5.80. The number of carbonyl (C=O) groups is 2. The average Bonchev–Trinajstić information content (AvgIpc) is 3.48. The first kappa shape index (κ1) is 28.6. The average molecular weight is 533 g/mol. The summed E-state index contributed by atoms with van der Waals surface area (Å²) in [5.74, 6) is -0.377. The number of nitriles is 1. The predicted octanol–water partition coefficient (Wildman–Crippen LogP) is 5.09. The maximum Gasteiger partial charge on any atom is 0.313 e. The van der Waals surface area contributed by atoms with Crippen molar-refractivity contribution in [2.45, 2.75) is 77.9 Å². The van der Waals surface area contributed by atoms with Gasteiger partial charge >= 0.3 is 11.9 Å². The largest absolute Gasteiger partial charge is 0.488 e. The van der Waals surface area contributed by atoms with Crippen LogP contribution in [0.1, 0.15) is 69.2 Å². The zero-order valence-corrected chi connectivity index (χ0v) is 23.5. The van der Waals surface area contributed by atoms with E-state index in [9.17, 15) is 20.0 Å². The van der Waals surface area contributed by atoms with Crippen molar-refractivity contribution >= 4 is 11.9 Å². The summed E-state index contributed by atoms with van der Waals surface area (Å²) in [6.45, 7) is 9.01. The molecular formula is C32H40N2O5. The van der Waals surface area contributed by atoms with Crippen LogP contribution in [0.4, 0.5) is 0 Å². The molecule has 7 nitrogen and oxygen atoms in total. The van der Waals surface area contributed by atoms with Crippen molar-refractivity contribution in [1.29, 1.82) is 5.26 Å². The molecule has 0 radical (unpaired) electrons. The van der Waals surface area contributed by atoms with Crippen LogP contribution < -0.4 is 10.1 Å². The van der Waals surface area contributed by atoms with Gasteiger partial charge < -0.3 is 19.9 Å². The van der Waals surface area contributed by atoms with Crippen molar-refractivity contribution in [3.05, 3.63) is 64.7 Å². The van der Waals surface area contributed by atoms with Gasteiger partial charge in [0.25, 0.3) is 0 Å². The molecule has 2 N–H and O–H groups in total. The molecule has 0 aromatic heterocycles. The quantitative estimate of drug-likeness (QED) is 0.346. The Bertz CT molecular complexity index is 1220. The van der Waals surface area contributed by atoms with E-state index >= 15 is 0 Å². The van der Waals surface area contributed by atoms with Crippen LogP contribution >= 0.6 is 0 Å². The molecule has 2 aromatic carbocycles. The first-order valence-electron chi connectivity index (χ1n) is 14.0. The smallest absolute Gasteiger partial charge is 0.313 e. The highest BCUT2D eigenvalue weighted by Crippen LogP contribution is 2.54. The minimum Gasteiger partial charge on any atom is -0.488 e. The Morgan fingerprint density at radius 2 is 1.90 bits per heavy atom. The van der Waals surface area contributed by atoms with Crippen LogP contribution in [-0.4, -0.2) is 41.8 Å². The van der Waals surface area contributed by atoms with Gasteiger partial charge in [-0.15, -0.1) is 0 Å². The number of fused-ring (bicyclic) bond motifs is 1. The van der Waals surface area contributed by atoms with Crippen molar-refractivity contribution in [2.75, 3.05) is 13.2 Å². The number of hydrogen-bond acceptors (Lipinski definition) is 6. The minimum absolute atomic E-state index is 0.132. The topological polar surface area (TPSA) is 109 Å². The lowest BCUT2D eigenvalue weighted by Gasteiger charge is -2.32. The normalized spacial score (nSPS) is 21.1. The maximum atomic E-state index is 12.5. The summed E-state index contributed by atoms with van der Waals surface area (Å²) in [5, 5.41) is 23.5. The summed E-state index contributed by atoms with van der Waals surface area (Å²) < 4.78 is 11.2. The van der Waals surface area contributed by atoms with Crippen LogP contribution in [0.3, 0.4) is 0 Å². The van der Waals surface area contributed by atoms with E-state index in [2.05, 4.69) is 49.5 Å². The molecule has 2 aromatic rings. The van der Waals surface area contributed by atoms with Gasteiger partial charge in [-0.1, -0.05) is 37.3 Å². The molecule has 7 heteroatoms. The fourth-order valence-corrected chi connectivity index (χ4v) is 6.09. The maximum absolute atomic E-state index is 12.5. The van der Waals surface area contributed by atoms with Gasteiger partial charge in [-0.2, -0.15) is 5.26 Å². The van der Waals surface area contributed by atoms with Gasteiger partial charge in [0, 0.05) is 18.4 Å². The van der Waals surface area contributed by atoms with Crippen LogP contribution in [-0.2, 0) is 33.6 Å². The van der Waals surface area contributed by atoms with Gasteiger partial charge in [-0.3, -0.25) is 9.59 Å². The highest BCUT2D eigenvalue weighted by atomic mass is 16.5. The van der Waals surface area contributed by atoms with Gasteiger partial charge in [0.15, 0.2) is 0 Å². The molecule has 0 aliphatic heterocycles. The monoisotopic (exact) mass is 532 g/mol. The molecule has 2 aliphatic carbocycles. The van der Waals surface area contributed by atoms with E-state index in [1.165, 1.54) is 11.1 Å². The van der Waals surface area contributed by atoms with E-state index in [4.69, 9.17) is 9.47 Å². The zero-order valence-electron chi connectivity index (χ0n) is 23.5. The number of ether oxygens (including phenoxy) is 2. The number of carboxylic acid groups (broad SMARTS) is 1. The van der Waals surface area contributed by atoms with E-state index in [0.29, 0.717) is 43.2 Å². The predicted molar refractivity (Wildman–Crippen MR) is 148 cm³/mol. The van der Waals surface area contributed by atoms with Gasteiger partial charge in [-0.25, -0.2) is 0 Å². The molecule has 2 unspecified atom stereocenters. The lowest BCUT2D eigenvalue weighted by atomic mass is 9.86. The Morgan fingerprint density at radius 3 is 2.51 bits per heavy atom. The molecular weight excluding hydrogens is 492 g/mol. The van der Waals surface area contributed by atoms with Crippen molar-refractivity contribution in [3.63, 3.8) is 0 Å². The molecule has 1 fully saturated rings. The number of nitrogens with one attached hydrogen (secondary N) is 1. The van der Waals surface area contributed by atoms with Crippen molar-refractivity contribution in [1.82, 2.24) is 5.32 Å². The molecule has 1 saturated carbocycles. The molecule has 39 heavy (non-hydrogen) atoms. The molecule has 3 atom stereocenters. The number of aliphatic carboxylic acids is 1. The third-order valence-corrected chi connectivity index (χ3v) is 8.40. The van der Waals surface area contributed by atoms with E-state index in [1.807, 2.05) is 6.92 Å². The van der Waals surface area contributed by atoms with E-state index in [1.54, 1.807) is 25.1 Å². The van der Waals surface area contributed by atoms with E-state index in [0.717, 1.165) is 24.8 Å². The summed E-state index contributed by atoms with van der Waals surface area (Å²) >= 11 is 0. The van der Waals surface area contributed by atoms with E-state index in [-0.39, 0.29) is 23.8 Å². The second-order valence-electron chi connectivity index (χ2n) is 11.8. The van der Waals surface area contributed by atoms with Crippen LogP contribution in [0.5, 0.6) is 5.75 Å². The second-order valence-corrected chi connectivity index (χ2v) is 11.8. The third kappa shape index (κ3) is 6.62. The molecule has 0 bridgehead atoms. The zero-order chi connectivity index (χ0) is 28.2. The summed E-state index contributed by atoms with van der Waals surface area (Å²) in [6.07, 6.45) is 3.74. The Labute approximate surface area is 231 Å². The number of carboxylic acids is 1. The lowest BCUT2D eigenvalue weighted by Crippen LogP contribution is -2.46. The number of aryl methyl sites for hydroxylation is 1. The molecule has 208 valence electrons. The highest BCUT2D eigenvalue weighted by Gasteiger charge is 2.66. The number of nitrogens with zero attached hydrogens (tertiary/aromatic N) is 1. The lowest BCUT2D eigenvalue weighted by molar-refractivity contribution is -0.147. The molecule has 0 saturated heterocycles. The molecule has 0 heterocycles. The Balaban J connectivity index is 1.36. The molecule has 0 spiro atoms.